The molecular weight excluding hydrogens is 740 g/mol. The van der Waals surface area contributed by atoms with Crippen molar-refractivity contribution in [2.75, 3.05) is 44.9 Å². The number of halogens is 2. The highest BCUT2D eigenvalue weighted by Gasteiger charge is 2.75. The number of benzene rings is 1. The second-order valence-corrected chi connectivity index (χ2v) is 17.9. The number of rotatable bonds is 10. The fraction of sp³-hybridized carbons (Fsp3) is 0.628. The first-order valence-corrected chi connectivity index (χ1v) is 20.3. The Labute approximate surface area is 329 Å². The Bertz CT molecular complexity index is 2180. The molecule has 4 N–H and O–H groups in total. The third-order valence-electron chi connectivity index (χ3n) is 14.9. The van der Waals surface area contributed by atoms with Crippen LogP contribution < -0.4 is 20.4 Å². The highest BCUT2D eigenvalue weighted by atomic mass is 19.1. The molecule has 2 aromatic rings. The molecule has 5 aliphatic carbocycles. The summed E-state index contributed by atoms with van der Waals surface area (Å²) in [6.07, 6.45) is 5.18. The van der Waals surface area contributed by atoms with Crippen molar-refractivity contribution in [3.8, 4) is 5.75 Å². The number of carboxylic acids is 1. The maximum Gasteiger partial charge on any atom is 0.341 e. The normalized spacial score (nSPS) is 36.1. The van der Waals surface area contributed by atoms with E-state index in [4.69, 9.17) is 9.47 Å². The van der Waals surface area contributed by atoms with Gasteiger partial charge < -0.3 is 39.6 Å². The second-order valence-electron chi connectivity index (χ2n) is 17.9. The predicted octanol–water partition coefficient (Wildman–Crippen LogP) is 4.46. The van der Waals surface area contributed by atoms with Gasteiger partial charge in [0, 0.05) is 60.6 Å². The molecule has 1 aromatic carbocycles. The minimum atomic E-state index is -2.11. The van der Waals surface area contributed by atoms with E-state index in [2.05, 4.69) is 5.32 Å². The molecule has 0 amide bonds. The number of aromatic nitrogens is 1. The van der Waals surface area contributed by atoms with Gasteiger partial charge in [-0.1, -0.05) is 25.5 Å². The Morgan fingerprint density at radius 2 is 1.86 bits per heavy atom. The molecule has 2 heterocycles. The molecule has 5 fully saturated rings. The summed E-state index contributed by atoms with van der Waals surface area (Å²) in [4.78, 5) is 55.0. The number of Topliss-reactive ketones (excluding diaryl/α,β-unsaturated/α-hetero) is 1. The van der Waals surface area contributed by atoms with Crippen LogP contribution in [0.1, 0.15) is 88.3 Å². The first-order chi connectivity index (χ1) is 26.9. The number of hydrogen-bond acceptors (Lipinski definition) is 10. The molecule has 9 atom stereocenters. The maximum atomic E-state index is 17.6. The number of nitrogens with zero attached hydrogens (tertiary/aromatic N) is 2. The number of ketones is 2. The van der Waals surface area contributed by atoms with Crippen LogP contribution in [0.15, 0.2) is 34.7 Å². The number of anilines is 1. The highest BCUT2D eigenvalue weighted by Crippen LogP contribution is 2.70. The van der Waals surface area contributed by atoms with Gasteiger partial charge in [0.2, 0.25) is 5.43 Å². The molecule has 57 heavy (non-hydrogen) atoms. The average molecular weight is 794 g/mol. The molecule has 4 saturated carbocycles. The van der Waals surface area contributed by atoms with E-state index in [0.29, 0.717) is 62.8 Å². The molecule has 8 rings (SSSR count). The number of ether oxygens (including phenoxy) is 2. The number of piperazine rings is 1. The lowest BCUT2D eigenvalue weighted by Gasteiger charge is -2.62. The highest BCUT2D eigenvalue weighted by molar-refractivity contribution is 6.01. The lowest BCUT2D eigenvalue weighted by molar-refractivity contribution is -0.219. The smallest absolute Gasteiger partial charge is 0.341 e. The quantitative estimate of drug-likeness (QED) is 0.251. The van der Waals surface area contributed by atoms with Gasteiger partial charge in [0.15, 0.2) is 28.8 Å². The standard InChI is InChI=1S/C43H53F2N3O9/c1-22-16-29-28-9-6-24-17-26(49)10-12-40(24,3)42(28,45)32(50)19-41(29,4)43(22,55)33(51)21-57-15-11-31-34(39(53)54)37(52)27-18-30(44)36(47-14-13-46-23(2)20-47)38(56-5)35(27)48(31)25-7-8-25/h10,12,17-18,22-23,25,28-29,32,46,50,55H,6-9,11,13-16,19-21H2,1-5H3,(H,53,54)/t22-,23?,28-,29-,32-,40-,41-,42-,43-/m1/s1. The SMILES string of the molecule is COc1c(N2CCNC(C)C2)c(F)cc2c(=O)c(C(=O)O)c(CCOCC(=O)[C@]3(O)[C@H](C)C[C@@H]4[C@H]5CCC6=CC(=O)C=C[C@@]6(C)[C@]5(F)[C@H](O)C[C@]43C)n(C3CC3)c12. The molecular formula is C43H53F2N3O9. The molecule has 0 radical (unpaired) electrons. The minimum Gasteiger partial charge on any atom is -0.492 e. The van der Waals surface area contributed by atoms with E-state index in [1.54, 1.807) is 31.4 Å². The number of alkyl halides is 1. The zero-order valence-corrected chi connectivity index (χ0v) is 33.2. The summed E-state index contributed by atoms with van der Waals surface area (Å²) in [5, 5.41) is 37.7. The van der Waals surface area contributed by atoms with Crippen LogP contribution in [0.3, 0.4) is 0 Å². The van der Waals surface area contributed by atoms with Gasteiger partial charge in [0.05, 0.1) is 30.7 Å². The fourth-order valence-electron chi connectivity index (χ4n) is 11.9. The van der Waals surface area contributed by atoms with Crippen LogP contribution in [0.5, 0.6) is 5.75 Å². The van der Waals surface area contributed by atoms with Gasteiger partial charge in [-0.25, -0.2) is 13.6 Å². The van der Waals surface area contributed by atoms with Crippen LogP contribution in [0.4, 0.5) is 14.5 Å². The number of pyridine rings is 1. The van der Waals surface area contributed by atoms with Gasteiger partial charge in [0.25, 0.3) is 0 Å². The van der Waals surface area contributed by atoms with E-state index in [0.717, 1.165) is 6.07 Å². The van der Waals surface area contributed by atoms with E-state index < -0.39 is 81.1 Å². The van der Waals surface area contributed by atoms with Gasteiger partial charge in [0.1, 0.15) is 23.5 Å². The molecule has 1 aliphatic heterocycles. The number of aromatic carboxylic acids is 1. The Morgan fingerprint density at radius 3 is 2.53 bits per heavy atom. The van der Waals surface area contributed by atoms with Gasteiger partial charge in [-0.3, -0.25) is 14.4 Å². The van der Waals surface area contributed by atoms with Crippen LogP contribution in [-0.4, -0.2) is 101 Å². The Balaban J connectivity index is 1.07. The number of methoxy groups -OCH3 is 1. The summed E-state index contributed by atoms with van der Waals surface area (Å²) >= 11 is 0. The Hall–Kier alpha value is -3.98. The van der Waals surface area contributed by atoms with Crippen molar-refractivity contribution in [3.05, 3.63) is 57.2 Å². The number of allylic oxidation sites excluding steroid dienone is 4. The molecule has 6 aliphatic rings. The Kier molecular flexibility index (Phi) is 9.65. The molecule has 0 bridgehead atoms. The van der Waals surface area contributed by atoms with Gasteiger partial charge in [-0.2, -0.15) is 0 Å². The van der Waals surface area contributed by atoms with Crippen LogP contribution in [0, 0.1) is 34.4 Å². The average Bonchev–Trinajstić information content (AvgIpc) is 3.98. The predicted molar refractivity (Wildman–Crippen MR) is 207 cm³/mol. The van der Waals surface area contributed by atoms with Gasteiger partial charge in [-0.05, 0) is 82.4 Å². The first kappa shape index (κ1) is 39.8. The van der Waals surface area contributed by atoms with Crippen LogP contribution in [0.2, 0.25) is 0 Å². The molecule has 12 nitrogen and oxygen atoms in total. The summed E-state index contributed by atoms with van der Waals surface area (Å²) in [7, 11) is 1.40. The van der Waals surface area contributed by atoms with E-state index in [-0.39, 0.29) is 59.8 Å². The van der Waals surface area contributed by atoms with Gasteiger partial charge >= 0.3 is 5.97 Å². The van der Waals surface area contributed by atoms with Crippen molar-refractivity contribution < 1.29 is 48.0 Å². The van der Waals surface area contributed by atoms with E-state index >= 15 is 8.78 Å². The number of hydrogen-bond donors (Lipinski definition) is 4. The molecule has 0 spiro atoms. The summed E-state index contributed by atoms with van der Waals surface area (Å²) in [5.74, 6) is -4.55. The van der Waals surface area contributed by atoms with Crippen molar-refractivity contribution in [3.63, 3.8) is 0 Å². The van der Waals surface area contributed by atoms with Crippen molar-refractivity contribution >= 4 is 34.1 Å². The topological polar surface area (TPSA) is 168 Å². The van der Waals surface area contributed by atoms with Crippen LogP contribution >= 0.6 is 0 Å². The number of fused-ring (bicyclic) bond motifs is 6. The summed E-state index contributed by atoms with van der Waals surface area (Å²) < 4.78 is 47.1. The van der Waals surface area contributed by atoms with E-state index in [1.807, 2.05) is 11.8 Å². The first-order valence-electron chi connectivity index (χ1n) is 20.3. The fourth-order valence-corrected chi connectivity index (χ4v) is 11.9. The number of aliphatic hydroxyl groups excluding tert-OH is 1. The molecule has 1 saturated heterocycles. The summed E-state index contributed by atoms with van der Waals surface area (Å²) in [6, 6.07) is 0.999. The number of carbonyl (C=O) groups excluding carboxylic acids is 2. The lowest BCUT2D eigenvalue weighted by atomic mass is 9.44. The zero-order valence-electron chi connectivity index (χ0n) is 33.2. The zero-order chi connectivity index (χ0) is 41.0. The van der Waals surface area contributed by atoms with Crippen molar-refractivity contribution in [2.24, 2.45) is 28.6 Å². The maximum absolute atomic E-state index is 17.6. The summed E-state index contributed by atoms with van der Waals surface area (Å²) in [6.45, 7) is 8.10. The number of carboxylic acid groups (broad SMARTS) is 1. The molecule has 1 aromatic heterocycles. The molecule has 308 valence electrons. The van der Waals surface area contributed by atoms with Crippen molar-refractivity contribution in [1.82, 2.24) is 9.88 Å². The van der Waals surface area contributed by atoms with Crippen LogP contribution in [0.25, 0.3) is 10.9 Å². The molecule has 14 heteroatoms. The lowest BCUT2D eigenvalue weighted by Crippen LogP contribution is -2.69. The molecule has 1 unspecified atom stereocenters. The third-order valence-corrected chi connectivity index (χ3v) is 14.9. The van der Waals surface area contributed by atoms with E-state index in [9.17, 15) is 34.5 Å². The number of nitrogens with one attached hydrogen (secondary N) is 1. The minimum absolute atomic E-state index is 0.0662. The Morgan fingerprint density at radius 1 is 1.12 bits per heavy atom. The monoisotopic (exact) mass is 793 g/mol. The number of carbonyl (C=O) groups is 3. The van der Waals surface area contributed by atoms with Gasteiger partial charge in [-0.15, -0.1) is 0 Å². The largest absolute Gasteiger partial charge is 0.492 e. The van der Waals surface area contributed by atoms with Crippen molar-refractivity contribution in [2.45, 2.75) is 102 Å². The summed E-state index contributed by atoms with van der Waals surface area (Å²) in [5.41, 5.74) is -6.48. The van der Waals surface area contributed by atoms with Crippen LogP contribution in [-0.2, 0) is 20.7 Å². The van der Waals surface area contributed by atoms with E-state index in [1.165, 1.54) is 19.3 Å². The number of aliphatic hydroxyl groups is 2. The second kappa shape index (κ2) is 13.8. The van der Waals surface area contributed by atoms with Crippen molar-refractivity contribution in [1.29, 1.82) is 0 Å². The third kappa shape index (κ3) is 5.63.